The zero-order chi connectivity index (χ0) is 23.6. The summed E-state index contributed by atoms with van der Waals surface area (Å²) in [6.07, 6.45) is 1.87. The van der Waals surface area contributed by atoms with E-state index in [2.05, 4.69) is 116 Å². The maximum absolute atomic E-state index is 7.04. The van der Waals surface area contributed by atoms with Crippen molar-refractivity contribution >= 4 is 25.8 Å². The van der Waals surface area contributed by atoms with E-state index < -0.39 is 8.32 Å². The van der Waals surface area contributed by atoms with Crippen LogP contribution in [-0.2, 0) is 13.7 Å². The van der Waals surface area contributed by atoms with Gasteiger partial charge >= 0.3 is 7.12 Å². The van der Waals surface area contributed by atoms with Crippen LogP contribution in [0.2, 0.25) is 11.4 Å². The highest BCUT2D eigenvalue weighted by atomic mass is 28.4. The predicted octanol–water partition coefficient (Wildman–Crippen LogP) is 5.68. The lowest BCUT2D eigenvalue weighted by molar-refractivity contribution is 0.00578. The largest absolute Gasteiger partial charge is 0.458 e. The molecular weight excluding hydrogens is 411 g/mol. The van der Waals surface area contributed by atoms with Gasteiger partial charge in [0.05, 0.1) is 11.2 Å². The minimum atomic E-state index is -2.47. The first-order chi connectivity index (χ1) is 14.9. The Labute approximate surface area is 197 Å². The van der Waals surface area contributed by atoms with Crippen LogP contribution < -0.4 is 10.4 Å². The van der Waals surface area contributed by atoms with Gasteiger partial charge < -0.3 is 13.7 Å². The highest BCUT2D eigenvalue weighted by molar-refractivity contribution is 6.99. The third kappa shape index (κ3) is 5.06. The third-order valence-electron chi connectivity index (χ3n) is 7.24. The minimum Gasteiger partial charge on any atom is -0.407 e. The van der Waals surface area contributed by atoms with Crippen molar-refractivity contribution in [2.45, 2.75) is 84.4 Å². The summed E-state index contributed by atoms with van der Waals surface area (Å²) in [4.78, 5) is 0. The van der Waals surface area contributed by atoms with Crippen LogP contribution in [0.5, 0.6) is 0 Å². The lowest BCUT2D eigenvalue weighted by atomic mass is 9.77. The Morgan fingerprint density at radius 3 is 1.69 bits per heavy atom. The monoisotopic (exact) mass is 452 g/mol. The fourth-order valence-corrected chi connectivity index (χ4v) is 9.26. The summed E-state index contributed by atoms with van der Waals surface area (Å²) < 4.78 is 19.5. The summed E-state index contributed by atoms with van der Waals surface area (Å²) in [6.45, 7) is 18.4. The number of hydrogen-bond acceptors (Lipinski definition) is 3. The molecule has 0 N–H and O–H groups in total. The predicted molar refractivity (Wildman–Crippen MR) is 138 cm³/mol. The maximum atomic E-state index is 7.04. The molecule has 2 aromatic rings. The lowest BCUT2D eigenvalue weighted by Crippen LogP contribution is -2.66. The molecule has 1 atom stereocenters. The molecule has 0 bridgehead atoms. The average molecular weight is 453 g/mol. The van der Waals surface area contributed by atoms with E-state index in [0.29, 0.717) is 5.92 Å². The lowest BCUT2D eigenvalue weighted by Gasteiger charge is -2.43. The van der Waals surface area contributed by atoms with E-state index in [1.807, 2.05) is 0 Å². The molecule has 1 saturated heterocycles. The molecule has 1 unspecified atom stereocenters. The molecule has 2 aromatic carbocycles. The van der Waals surface area contributed by atoms with E-state index in [0.717, 1.165) is 19.3 Å². The third-order valence-corrected chi connectivity index (χ3v) is 12.3. The van der Waals surface area contributed by atoms with Crippen molar-refractivity contribution in [3.05, 3.63) is 60.7 Å². The van der Waals surface area contributed by atoms with E-state index in [4.69, 9.17) is 13.7 Å². The molecule has 0 aromatic heterocycles. The normalized spacial score (nSPS) is 19.2. The Kier molecular flexibility index (Phi) is 7.46. The number of rotatable bonds is 8. The highest BCUT2D eigenvalue weighted by Gasteiger charge is 2.52. The fourth-order valence-electron chi connectivity index (χ4n) is 4.68. The van der Waals surface area contributed by atoms with Crippen molar-refractivity contribution in [2.24, 2.45) is 5.92 Å². The second-order valence-corrected chi connectivity index (χ2v) is 15.6. The van der Waals surface area contributed by atoms with Crippen LogP contribution in [0.15, 0.2) is 60.7 Å². The Bertz CT molecular complexity index is 806. The van der Waals surface area contributed by atoms with Gasteiger partial charge in [0, 0.05) is 6.61 Å². The first-order valence-corrected chi connectivity index (χ1v) is 13.9. The summed E-state index contributed by atoms with van der Waals surface area (Å²) in [6, 6.07) is 21.7. The van der Waals surface area contributed by atoms with Gasteiger partial charge in [0.15, 0.2) is 0 Å². The molecule has 3 nitrogen and oxygen atoms in total. The van der Waals surface area contributed by atoms with Crippen molar-refractivity contribution in [3.63, 3.8) is 0 Å². The fraction of sp³-hybridized carbons (Fsp3) is 0.556. The van der Waals surface area contributed by atoms with Crippen LogP contribution >= 0.6 is 0 Å². The van der Waals surface area contributed by atoms with Gasteiger partial charge in [-0.2, -0.15) is 0 Å². The summed E-state index contributed by atoms with van der Waals surface area (Å²) in [5.74, 6) is 0.447. The van der Waals surface area contributed by atoms with Crippen LogP contribution in [0.25, 0.3) is 0 Å². The molecule has 1 aliphatic heterocycles. The van der Waals surface area contributed by atoms with E-state index in [1.54, 1.807) is 0 Å². The molecule has 0 saturated carbocycles. The molecule has 3 rings (SSSR count). The molecule has 1 fully saturated rings. The standard InChI is InChI=1S/C27H41BO3Si/c1-22(21-28-30-26(5,6)27(7,8)31-28)19-20-29-32(25(2,3)4,23-15-11-9-12-16-23)24-17-13-10-14-18-24/h9-18,22H,19-21H2,1-8H3. The Morgan fingerprint density at radius 1 is 0.844 bits per heavy atom. The first-order valence-electron chi connectivity index (χ1n) is 12.0. The summed E-state index contributed by atoms with van der Waals surface area (Å²) in [5, 5.41) is 2.67. The van der Waals surface area contributed by atoms with Gasteiger partial charge in [0.1, 0.15) is 0 Å². The Morgan fingerprint density at radius 2 is 1.28 bits per heavy atom. The molecule has 1 heterocycles. The summed E-state index contributed by atoms with van der Waals surface area (Å²) >= 11 is 0. The minimum absolute atomic E-state index is 0.00463. The van der Waals surface area contributed by atoms with E-state index in [9.17, 15) is 0 Å². The molecule has 0 amide bonds. The molecule has 5 heteroatoms. The Hall–Kier alpha value is -1.40. The molecular formula is C27H41BO3Si. The van der Waals surface area contributed by atoms with E-state index in [1.165, 1.54) is 10.4 Å². The molecule has 0 spiro atoms. The Balaban J connectivity index is 1.76. The smallest absolute Gasteiger partial charge is 0.407 e. The molecule has 0 radical (unpaired) electrons. The van der Waals surface area contributed by atoms with Gasteiger partial charge in [-0.05, 0) is 61.8 Å². The van der Waals surface area contributed by atoms with Crippen LogP contribution in [0.3, 0.4) is 0 Å². The van der Waals surface area contributed by atoms with Gasteiger partial charge in [-0.15, -0.1) is 0 Å². The number of benzene rings is 2. The van der Waals surface area contributed by atoms with Crippen molar-refractivity contribution in [3.8, 4) is 0 Å². The first kappa shape index (κ1) is 25.2. The molecule has 32 heavy (non-hydrogen) atoms. The zero-order valence-electron chi connectivity index (χ0n) is 21.3. The molecule has 1 aliphatic rings. The van der Waals surface area contributed by atoms with Gasteiger partial charge in [0.25, 0.3) is 8.32 Å². The second-order valence-electron chi connectivity index (χ2n) is 11.3. The summed E-state index contributed by atoms with van der Waals surface area (Å²) in [7, 11) is -2.62. The van der Waals surface area contributed by atoms with Gasteiger partial charge in [0.2, 0.25) is 0 Å². The van der Waals surface area contributed by atoms with E-state index >= 15 is 0 Å². The maximum Gasteiger partial charge on any atom is 0.458 e. The molecule has 174 valence electrons. The van der Waals surface area contributed by atoms with Gasteiger partial charge in [-0.25, -0.2) is 0 Å². The van der Waals surface area contributed by atoms with Crippen molar-refractivity contribution in [1.29, 1.82) is 0 Å². The van der Waals surface area contributed by atoms with Gasteiger partial charge in [-0.1, -0.05) is 88.4 Å². The van der Waals surface area contributed by atoms with Crippen molar-refractivity contribution < 1.29 is 13.7 Å². The van der Waals surface area contributed by atoms with Crippen LogP contribution in [0, 0.1) is 5.92 Å². The van der Waals surface area contributed by atoms with Crippen LogP contribution in [-0.4, -0.2) is 33.2 Å². The van der Waals surface area contributed by atoms with Crippen LogP contribution in [0.1, 0.15) is 61.8 Å². The highest BCUT2D eigenvalue weighted by Crippen LogP contribution is 2.39. The van der Waals surface area contributed by atoms with Crippen LogP contribution in [0.4, 0.5) is 0 Å². The summed E-state index contributed by atoms with van der Waals surface area (Å²) in [5.41, 5.74) is -0.550. The van der Waals surface area contributed by atoms with Gasteiger partial charge in [-0.3, -0.25) is 0 Å². The zero-order valence-corrected chi connectivity index (χ0v) is 22.3. The number of hydrogen-bond donors (Lipinski definition) is 0. The SMILES string of the molecule is CC(CCO[Si](c1ccccc1)(c1ccccc1)C(C)(C)C)CB1OC(C)(C)C(C)(C)O1. The van der Waals surface area contributed by atoms with Crippen molar-refractivity contribution in [2.75, 3.05) is 6.61 Å². The average Bonchev–Trinajstić information content (AvgIpc) is 2.91. The second kappa shape index (κ2) is 9.46. The molecule has 0 aliphatic carbocycles. The quantitative estimate of drug-likeness (QED) is 0.482. The van der Waals surface area contributed by atoms with Crippen molar-refractivity contribution in [1.82, 2.24) is 0 Å². The van der Waals surface area contributed by atoms with E-state index in [-0.39, 0.29) is 23.4 Å². The topological polar surface area (TPSA) is 27.7 Å².